The molecule has 1 aliphatic rings. The monoisotopic (exact) mass is 259 g/mol. The number of aromatic nitrogens is 3. The molecule has 2 aromatic heterocycles. The van der Waals surface area contributed by atoms with Crippen LogP contribution < -0.4 is 5.56 Å². The van der Waals surface area contributed by atoms with Crippen LogP contribution in [0.5, 0.6) is 0 Å². The number of aromatic amines is 1. The molecule has 102 valence electrons. The summed E-state index contributed by atoms with van der Waals surface area (Å²) >= 11 is 0. The second kappa shape index (κ2) is 4.22. The van der Waals surface area contributed by atoms with Crippen LogP contribution in [0.25, 0.3) is 5.65 Å². The molecule has 0 atom stereocenters. The van der Waals surface area contributed by atoms with Gasteiger partial charge in [-0.25, -0.2) is 9.50 Å². The van der Waals surface area contributed by atoms with Crippen molar-refractivity contribution in [3.8, 4) is 0 Å². The number of rotatable bonds is 2. The number of pyridine rings is 1. The third-order valence-corrected chi connectivity index (χ3v) is 3.80. The molecule has 3 rings (SSSR count). The number of nitrogens with one attached hydrogen (secondary N) is 1. The topological polar surface area (TPSA) is 50.2 Å². The molecule has 2 aromatic rings. The molecular formula is C15H21N3O. The highest BCUT2D eigenvalue weighted by atomic mass is 16.1. The van der Waals surface area contributed by atoms with Crippen molar-refractivity contribution in [2.75, 3.05) is 0 Å². The van der Waals surface area contributed by atoms with E-state index in [0.717, 1.165) is 23.5 Å². The molecule has 1 saturated carbocycles. The van der Waals surface area contributed by atoms with Gasteiger partial charge in [-0.1, -0.05) is 27.2 Å². The van der Waals surface area contributed by atoms with E-state index in [4.69, 9.17) is 0 Å². The molecule has 0 spiro atoms. The fourth-order valence-corrected chi connectivity index (χ4v) is 2.62. The fourth-order valence-electron chi connectivity index (χ4n) is 2.62. The van der Waals surface area contributed by atoms with Crippen LogP contribution in [-0.4, -0.2) is 14.6 Å². The third kappa shape index (κ3) is 2.44. The summed E-state index contributed by atoms with van der Waals surface area (Å²) in [4.78, 5) is 16.7. The van der Waals surface area contributed by atoms with Gasteiger partial charge in [0, 0.05) is 12.5 Å². The first-order valence-electron chi connectivity index (χ1n) is 7.04. The molecule has 0 amide bonds. The van der Waals surface area contributed by atoms with E-state index in [1.165, 1.54) is 19.3 Å². The van der Waals surface area contributed by atoms with Crippen molar-refractivity contribution in [1.29, 1.82) is 0 Å². The normalized spacial score (nSPS) is 16.8. The summed E-state index contributed by atoms with van der Waals surface area (Å²) in [5.41, 5.74) is 2.08. The largest absolute Gasteiger partial charge is 0.276 e. The van der Waals surface area contributed by atoms with Crippen LogP contribution in [0.3, 0.4) is 0 Å². The van der Waals surface area contributed by atoms with Crippen molar-refractivity contribution in [1.82, 2.24) is 14.6 Å². The van der Waals surface area contributed by atoms with Gasteiger partial charge in [-0.2, -0.15) is 0 Å². The van der Waals surface area contributed by atoms with Crippen LogP contribution in [0.2, 0.25) is 0 Å². The van der Waals surface area contributed by atoms with E-state index in [0.29, 0.717) is 5.92 Å². The van der Waals surface area contributed by atoms with Crippen molar-refractivity contribution < 1.29 is 0 Å². The number of fused-ring (bicyclic) bond motifs is 1. The molecule has 1 fully saturated rings. The lowest BCUT2D eigenvalue weighted by atomic mass is 9.80. The van der Waals surface area contributed by atoms with Crippen LogP contribution in [0.4, 0.5) is 0 Å². The van der Waals surface area contributed by atoms with Crippen molar-refractivity contribution in [3.05, 3.63) is 33.9 Å². The van der Waals surface area contributed by atoms with Crippen LogP contribution in [0.1, 0.15) is 57.3 Å². The van der Waals surface area contributed by atoms with Crippen molar-refractivity contribution in [3.63, 3.8) is 0 Å². The molecule has 4 nitrogen and oxygen atoms in total. The number of nitrogens with zero attached hydrogens (tertiary/aromatic N) is 2. The zero-order chi connectivity index (χ0) is 13.6. The summed E-state index contributed by atoms with van der Waals surface area (Å²) in [6.07, 6.45) is 4.52. The maximum Gasteiger partial charge on any atom is 0.271 e. The Morgan fingerprint density at radius 2 is 2.11 bits per heavy atom. The minimum atomic E-state index is 0.00654. The molecule has 0 aromatic carbocycles. The summed E-state index contributed by atoms with van der Waals surface area (Å²) in [6.45, 7) is 6.51. The average molecular weight is 259 g/mol. The summed E-state index contributed by atoms with van der Waals surface area (Å²) < 4.78 is 1.56. The van der Waals surface area contributed by atoms with E-state index in [1.807, 2.05) is 0 Å². The van der Waals surface area contributed by atoms with Crippen molar-refractivity contribution >= 4 is 5.65 Å². The number of hydrogen-bond donors (Lipinski definition) is 1. The summed E-state index contributed by atoms with van der Waals surface area (Å²) in [7, 11) is 0. The van der Waals surface area contributed by atoms with E-state index >= 15 is 0 Å². The highest BCUT2D eigenvalue weighted by Crippen LogP contribution is 2.35. The van der Waals surface area contributed by atoms with Gasteiger partial charge >= 0.3 is 0 Å². The van der Waals surface area contributed by atoms with E-state index in [9.17, 15) is 4.79 Å². The Kier molecular flexibility index (Phi) is 2.77. The van der Waals surface area contributed by atoms with Gasteiger partial charge in [0.1, 0.15) is 5.82 Å². The van der Waals surface area contributed by atoms with Gasteiger partial charge in [0.2, 0.25) is 0 Å². The first-order valence-corrected chi connectivity index (χ1v) is 7.04. The molecule has 0 aliphatic heterocycles. The van der Waals surface area contributed by atoms with Gasteiger partial charge in [-0.15, -0.1) is 0 Å². The summed E-state index contributed by atoms with van der Waals surface area (Å²) in [5, 5.41) is 3.12. The SMILES string of the molecule is CC(C)(C)Cc1nc2cc(C3CCC3)cc(=O)n2[nH]1. The van der Waals surface area contributed by atoms with E-state index in [1.54, 1.807) is 10.6 Å². The molecule has 2 heterocycles. The first-order chi connectivity index (χ1) is 8.92. The zero-order valence-corrected chi connectivity index (χ0v) is 11.9. The lowest BCUT2D eigenvalue weighted by Gasteiger charge is -2.25. The van der Waals surface area contributed by atoms with Gasteiger partial charge < -0.3 is 0 Å². The number of H-pyrrole nitrogens is 1. The van der Waals surface area contributed by atoms with Crippen LogP contribution in [0, 0.1) is 5.41 Å². The van der Waals surface area contributed by atoms with Crippen LogP contribution >= 0.6 is 0 Å². The maximum atomic E-state index is 12.1. The zero-order valence-electron chi connectivity index (χ0n) is 11.9. The van der Waals surface area contributed by atoms with Gasteiger partial charge in [0.15, 0.2) is 5.65 Å². The molecule has 0 unspecified atom stereocenters. The van der Waals surface area contributed by atoms with Crippen LogP contribution in [0.15, 0.2) is 16.9 Å². The van der Waals surface area contributed by atoms with Gasteiger partial charge in [0.25, 0.3) is 5.56 Å². The quantitative estimate of drug-likeness (QED) is 0.901. The second-order valence-electron chi connectivity index (χ2n) is 6.86. The molecule has 0 saturated heterocycles. The predicted molar refractivity (Wildman–Crippen MR) is 75.6 cm³/mol. The molecular weight excluding hydrogens is 238 g/mol. The Hall–Kier alpha value is -1.58. The van der Waals surface area contributed by atoms with E-state index in [-0.39, 0.29) is 11.0 Å². The van der Waals surface area contributed by atoms with Gasteiger partial charge in [-0.05, 0) is 35.8 Å². The van der Waals surface area contributed by atoms with E-state index in [2.05, 4.69) is 36.9 Å². The molecule has 1 aliphatic carbocycles. The average Bonchev–Trinajstić information content (AvgIpc) is 2.55. The highest BCUT2D eigenvalue weighted by molar-refractivity contribution is 5.42. The Bertz CT molecular complexity index is 656. The van der Waals surface area contributed by atoms with Crippen molar-refractivity contribution in [2.45, 2.75) is 52.4 Å². The summed E-state index contributed by atoms with van der Waals surface area (Å²) in [5.74, 6) is 1.45. The summed E-state index contributed by atoms with van der Waals surface area (Å²) in [6, 6.07) is 3.82. The lowest BCUT2D eigenvalue weighted by Crippen LogP contribution is -2.18. The molecule has 4 heteroatoms. The predicted octanol–water partition coefficient (Wildman–Crippen LogP) is 2.88. The smallest absolute Gasteiger partial charge is 0.271 e. The Morgan fingerprint density at radius 3 is 2.68 bits per heavy atom. The van der Waals surface area contributed by atoms with Crippen LogP contribution in [-0.2, 0) is 6.42 Å². The minimum absolute atomic E-state index is 0.00654. The second-order valence-corrected chi connectivity index (χ2v) is 6.86. The van der Waals surface area contributed by atoms with Crippen molar-refractivity contribution in [2.24, 2.45) is 5.41 Å². The molecule has 1 N–H and O–H groups in total. The Morgan fingerprint density at radius 1 is 1.37 bits per heavy atom. The standard InChI is InChI=1S/C15H21N3O/c1-15(2,3)9-12-16-13-7-11(10-5-4-6-10)8-14(19)18(13)17-12/h7-8,10H,4-6,9H2,1-3H3,(H,16,17). The molecule has 0 bridgehead atoms. The molecule has 19 heavy (non-hydrogen) atoms. The van der Waals surface area contributed by atoms with E-state index < -0.39 is 0 Å². The maximum absolute atomic E-state index is 12.1. The van der Waals surface area contributed by atoms with Gasteiger partial charge in [0.05, 0.1) is 0 Å². The Labute approximate surface area is 112 Å². The lowest BCUT2D eigenvalue weighted by molar-refractivity contribution is 0.400. The Balaban J connectivity index is 2.02. The third-order valence-electron chi connectivity index (χ3n) is 3.80. The fraction of sp³-hybridized carbons (Fsp3) is 0.600. The molecule has 0 radical (unpaired) electrons. The minimum Gasteiger partial charge on any atom is -0.276 e. The number of hydrogen-bond acceptors (Lipinski definition) is 2. The highest BCUT2D eigenvalue weighted by Gasteiger charge is 2.21. The first kappa shape index (κ1) is 12.5. The van der Waals surface area contributed by atoms with Gasteiger partial charge in [-0.3, -0.25) is 9.89 Å².